The predicted molar refractivity (Wildman–Crippen MR) is 161 cm³/mol. The van der Waals surface area contributed by atoms with Crippen LogP contribution in [0.15, 0.2) is 79.4 Å². The summed E-state index contributed by atoms with van der Waals surface area (Å²) >= 11 is 0. The van der Waals surface area contributed by atoms with Gasteiger partial charge < -0.3 is 25.6 Å². The molecule has 3 N–H and O–H groups in total. The second kappa shape index (κ2) is 12.2. The second-order valence-electron chi connectivity index (χ2n) is 9.76. The summed E-state index contributed by atoms with van der Waals surface area (Å²) < 4.78 is 20.8. The molecule has 0 atom stereocenters. The summed E-state index contributed by atoms with van der Waals surface area (Å²) in [6.45, 7) is 2.49. The molecule has 11 nitrogen and oxygen atoms in total. The van der Waals surface area contributed by atoms with Crippen molar-refractivity contribution in [1.82, 2.24) is 25.3 Å². The Kier molecular flexibility index (Phi) is 7.83. The number of benzene rings is 3. The molecule has 1 fully saturated rings. The van der Waals surface area contributed by atoms with Gasteiger partial charge in [0.15, 0.2) is 5.82 Å². The van der Waals surface area contributed by atoms with Crippen molar-refractivity contribution in [1.29, 1.82) is 0 Å². The van der Waals surface area contributed by atoms with Crippen LogP contribution < -0.4 is 20.9 Å². The van der Waals surface area contributed by atoms with Gasteiger partial charge in [-0.15, -0.1) is 0 Å². The Labute approximate surface area is 246 Å². The van der Waals surface area contributed by atoms with E-state index in [9.17, 15) is 9.59 Å². The highest BCUT2D eigenvalue weighted by molar-refractivity contribution is 6.01. The Hall–Kier alpha value is -5.49. The lowest BCUT2D eigenvalue weighted by molar-refractivity contribution is 0.0963. The van der Waals surface area contributed by atoms with E-state index in [2.05, 4.69) is 30.8 Å². The molecule has 43 heavy (non-hydrogen) atoms. The summed E-state index contributed by atoms with van der Waals surface area (Å²) in [5.74, 6) is 0.205. The number of halogens is 1. The highest BCUT2D eigenvalue weighted by Gasteiger charge is 2.19. The molecule has 0 unspecified atom stereocenters. The second-order valence-corrected chi connectivity index (χ2v) is 9.76. The Morgan fingerprint density at radius 2 is 1.60 bits per heavy atom. The molecule has 1 aliphatic heterocycles. The standard InChI is InChI=1S/C31H27FN8O3/c1-33-30(41)19-2-6-23(7-3-19)36-31(42)38-26-9-5-21(14-25(26)32)28-37-27-15-20(22-16-34-18-35-17-22)4-8-24(27)29(39-28)40-10-12-43-13-11-40/h2-9,14-18H,10-13H2,1H3,(H,33,41)(H2,36,38,42). The molecule has 6 rings (SSSR count). The van der Waals surface area contributed by atoms with E-state index in [1.54, 1.807) is 42.7 Å². The molecule has 3 aromatic carbocycles. The van der Waals surface area contributed by atoms with Crippen molar-refractivity contribution in [3.63, 3.8) is 0 Å². The van der Waals surface area contributed by atoms with E-state index in [1.807, 2.05) is 18.2 Å². The van der Waals surface area contributed by atoms with Gasteiger partial charge in [-0.1, -0.05) is 6.07 Å². The van der Waals surface area contributed by atoms with Crippen LogP contribution in [-0.2, 0) is 4.74 Å². The Morgan fingerprint density at radius 1 is 0.860 bits per heavy atom. The van der Waals surface area contributed by atoms with E-state index in [0.717, 1.165) is 22.3 Å². The van der Waals surface area contributed by atoms with Gasteiger partial charge >= 0.3 is 6.03 Å². The van der Waals surface area contributed by atoms with Crippen LogP contribution >= 0.6 is 0 Å². The van der Waals surface area contributed by atoms with Gasteiger partial charge in [0.05, 0.1) is 24.4 Å². The molecule has 1 aliphatic rings. The molecule has 5 aromatic rings. The van der Waals surface area contributed by atoms with Gasteiger partial charge in [-0.3, -0.25) is 4.79 Å². The summed E-state index contributed by atoms with van der Waals surface area (Å²) in [5, 5.41) is 8.56. The molecule has 0 radical (unpaired) electrons. The number of aromatic nitrogens is 4. The minimum atomic E-state index is -0.644. The number of fused-ring (bicyclic) bond motifs is 1. The van der Waals surface area contributed by atoms with Gasteiger partial charge in [0.2, 0.25) is 0 Å². The fourth-order valence-electron chi connectivity index (χ4n) is 4.78. The molecule has 3 amide bonds. The highest BCUT2D eigenvalue weighted by atomic mass is 19.1. The fraction of sp³-hybridized carbons (Fsp3) is 0.161. The number of hydrogen-bond acceptors (Lipinski definition) is 8. The topological polar surface area (TPSA) is 134 Å². The van der Waals surface area contributed by atoms with Crippen LogP contribution in [0, 0.1) is 5.82 Å². The zero-order chi connectivity index (χ0) is 29.8. The van der Waals surface area contributed by atoms with E-state index < -0.39 is 11.8 Å². The average Bonchev–Trinajstić information content (AvgIpc) is 3.05. The third-order valence-corrected chi connectivity index (χ3v) is 6.99. The molecule has 216 valence electrons. The quantitative estimate of drug-likeness (QED) is 0.263. The average molecular weight is 579 g/mol. The summed E-state index contributed by atoms with van der Waals surface area (Å²) in [6.07, 6.45) is 4.94. The zero-order valence-corrected chi connectivity index (χ0v) is 23.2. The Morgan fingerprint density at radius 3 is 2.33 bits per heavy atom. The minimum Gasteiger partial charge on any atom is -0.378 e. The Bertz CT molecular complexity index is 1800. The number of carbonyl (C=O) groups is 2. The first-order chi connectivity index (χ1) is 21.0. The number of anilines is 3. The van der Waals surface area contributed by atoms with Gasteiger partial charge in [0.1, 0.15) is 18.0 Å². The molecule has 0 spiro atoms. The third kappa shape index (κ3) is 6.09. The van der Waals surface area contributed by atoms with Crippen molar-refractivity contribution in [3.8, 4) is 22.5 Å². The number of nitrogens with one attached hydrogen (secondary N) is 3. The number of carbonyl (C=O) groups excluding carboxylic acids is 2. The van der Waals surface area contributed by atoms with Gasteiger partial charge in [-0.25, -0.2) is 29.1 Å². The normalized spacial score (nSPS) is 13.0. The van der Waals surface area contributed by atoms with Crippen molar-refractivity contribution < 1.29 is 18.7 Å². The van der Waals surface area contributed by atoms with E-state index in [-0.39, 0.29) is 11.6 Å². The summed E-state index contributed by atoms with van der Waals surface area (Å²) in [5.41, 5.74) is 3.78. The largest absolute Gasteiger partial charge is 0.378 e. The van der Waals surface area contributed by atoms with Crippen molar-refractivity contribution in [2.45, 2.75) is 0 Å². The van der Waals surface area contributed by atoms with Crippen LogP contribution in [0.3, 0.4) is 0 Å². The van der Waals surface area contributed by atoms with Crippen molar-refractivity contribution in [2.24, 2.45) is 0 Å². The maximum Gasteiger partial charge on any atom is 0.323 e. The van der Waals surface area contributed by atoms with Gasteiger partial charge in [0, 0.05) is 60.3 Å². The molecular weight excluding hydrogens is 551 g/mol. The van der Waals surface area contributed by atoms with E-state index in [1.165, 1.54) is 25.5 Å². The number of rotatable bonds is 6. The summed E-state index contributed by atoms with van der Waals surface area (Å²) in [4.78, 5) is 44.3. The van der Waals surface area contributed by atoms with Crippen LogP contribution in [0.4, 0.5) is 26.4 Å². The number of hydrogen-bond donors (Lipinski definition) is 3. The first kappa shape index (κ1) is 27.7. The van der Waals surface area contributed by atoms with Crippen molar-refractivity contribution >= 4 is 40.0 Å². The van der Waals surface area contributed by atoms with Crippen LogP contribution in [0.1, 0.15) is 10.4 Å². The monoisotopic (exact) mass is 578 g/mol. The molecular formula is C31H27FN8O3. The maximum absolute atomic E-state index is 15.3. The predicted octanol–water partition coefficient (Wildman–Crippen LogP) is 4.73. The van der Waals surface area contributed by atoms with E-state index in [0.29, 0.717) is 54.5 Å². The highest BCUT2D eigenvalue weighted by Crippen LogP contribution is 2.32. The van der Waals surface area contributed by atoms with Crippen LogP contribution in [0.25, 0.3) is 33.4 Å². The van der Waals surface area contributed by atoms with Crippen LogP contribution in [-0.4, -0.2) is 65.2 Å². The number of urea groups is 1. The number of amides is 3. The number of morpholine rings is 1. The first-order valence-electron chi connectivity index (χ1n) is 13.6. The molecule has 0 aliphatic carbocycles. The lowest BCUT2D eigenvalue weighted by Gasteiger charge is -2.29. The molecule has 12 heteroatoms. The van der Waals surface area contributed by atoms with Crippen molar-refractivity contribution in [2.75, 3.05) is 48.9 Å². The third-order valence-electron chi connectivity index (χ3n) is 6.99. The van der Waals surface area contributed by atoms with E-state index >= 15 is 4.39 Å². The van der Waals surface area contributed by atoms with Crippen LogP contribution in [0.5, 0.6) is 0 Å². The lowest BCUT2D eigenvalue weighted by atomic mass is 10.1. The minimum absolute atomic E-state index is 0.0104. The molecule has 0 saturated carbocycles. The van der Waals surface area contributed by atoms with Gasteiger partial charge in [-0.05, 0) is 60.2 Å². The fourth-order valence-corrected chi connectivity index (χ4v) is 4.78. The molecule has 3 heterocycles. The first-order valence-corrected chi connectivity index (χ1v) is 13.6. The zero-order valence-electron chi connectivity index (χ0n) is 23.2. The number of nitrogens with zero attached hydrogens (tertiary/aromatic N) is 5. The number of ether oxygens (including phenoxy) is 1. The van der Waals surface area contributed by atoms with Gasteiger partial charge in [-0.2, -0.15) is 0 Å². The molecule has 2 aromatic heterocycles. The molecule has 1 saturated heterocycles. The SMILES string of the molecule is CNC(=O)c1ccc(NC(=O)Nc2ccc(-c3nc(N4CCOCC4)c4ccc(-c5cncnc5)cc4n3)cc2F)cc1. The summed E-state index contributed by atoms with van der Waals surface area (Å²) in [7, 11) is 1.54. The molecule has 0 bridgehead atoms. The van der Waals surface area contributed by atoms with Gasteiger partial charge in [0.25, 0.3) is 5.91 Å². The summed E-state index contributed by atoms with van der Waals surface area (Å²) in [6, 6.07) is 16.0. The maximum atomic E-state index is 15.3. The van der Waals surface area contributed by atoms with E-state index in [4.69, 9.17) is 14.7 Å². The van der Waals surface area contributed by atoms with Crippen LogP contribution in [0.2, 0.25) is 0 Å². The Balaban J connectivity index is 1.28. The smallest absolute Gasteiger partial charge is 0.323 e. The lowest BCUT2D eigenvalue weighted by Crippen LogP contribution is -2.37. The van der Waals surface area contributed by atoms with Crippen molar-refractivity contribution in [3.05, 3.63) is 90.8 Å².